The summed E-state index contributed by atoms with van der Waals surface area (Å²) < 4.78 is 0. The van der Waals surface area contributed by atoms with Crippen LogP contribution >= 0.6 is 0 Å². The van der Waals surface area contributed by atoms with Crippen LogP contribution < -0.4 is 0 Å². The molecular formula is C16H31N3. The van der Waals surface area contributed by atoms with Crippen molar-refractivity contribution in [3.05, 3.63) is 12.2 Å². The van der Waals surface area contributed by atoms with E-state index < -0.39 is 0 Å². The third-order valence-electron chi connectivity index (χ3n) is 3.34. The third kappa shape index (κ3) is 5.66. The van der Waals surface area contributed by atoms with E-state index in [2.05, 4.69) is 49.6 Å². The molecule has 0 saturated carbocycles. The number of hydrogen-bond donors (Lipinski definition) is 0. The molecule has 0 atom stereocenters. The van der Waals surface area contributed by atoms with Crippen molar-refractivity contribution < 1.29 is 0 Å². The van der Waals surface area contributed by atoms with E-state index in [1.54, 1.807) is 0 Å². The Kier molecular flexibility index (Phi) is 7.61. The van der Waals surface area contributed by atoms with Gasteiger partial charge in [0.15, 0.2) is 5.96 Å². The summed E-state index contributed by atoms with van der Waals surface area (Å²) in [5.41, 5.74) is 0. The number of guanidine groups is 1. The second-order valence-corrected chi connectivity index (χ2v) is 5.54. The molecule has 1 heterocycles. The molecular weight excluding hydrogens is 234 g/mol. The molecule has 0 aliphatic carbocycles. The average molecular weight is 265 g/mol. The van der Waals surface area contributed by atoms with Crippen LogP contribution in [0.3, 0.4) is 0 Å². The first kappa shape index (κ1) is 16.1. The Labute approximate surface area is 119 Å². The molecule has 110 valence electrons. The first-order valence-corrected chi connectivity index (χ1v) is 7.91. The van der Waals surface area contributed by atoms with Gasteiger partial charge in [0.2, 0.25) is 0 Å². The van der Waals surface area contributed by atoms with Crippen LogP contribution in [0.15, 0.2) is 17.1 Å². The van der Waals surface area contributed by atoms with Crippen molar-refractivity contribution >= 4 is 5.96 Å². The lowest BCUT2D eigenvalue weighted by Crippen LogP contribution is -2.35. The molecule has 0 aromatic carbocycles. The van der Waals surface area contributed by atoms with Gasteiger partial charge in [0.05, 0.1) is 0 Å². The summed E-state index contributed by atoms with van der Waals surface area (Å²) in [6.45, 7) is 13.2. The van der Waals surface area contributed by atoms with Gasteiger partial charge in [-0.05, 0) is 26.7 Å². The zero-order chi connectivity index (χ0) is 14.1. The summed E-state index contributed by atoms with van der Waals surface area (Å²) in [4.78, 5) is 9.71. The van der Waals surface area contributed by atoms with Crippen molar-refractivity contribution in [3.8, 4) is 0 Å². The lowest BCUT2D eigenvalue weighted by molar-refractivity contribution is 0.438. The van der Waals surface area contributed by atoms with Crippen LogP contribution in [-0.2, 0) is 0 Å². The SMILES string of the molecule is CC/C=C/CN1CCN(CCCCC)C1=NC(C)C. The lowest BCUT2D eigenvalue weighted by atomic mass is 10.2. The van der Waals surface area contributed by atoms with Crippen molar-refractivity contribution in [1.82, 2.24) is 9.80 Å². The molecule has 0 aromatic rings. The highest BCUT2D eigenvalue weighted by molar-refractivity contribution is 5.82. The molecule has 1 aliphatic rings. The molecule has 1 rings (SSSR count). The zero-order valence-corrected chi connectivity index (χ0v) is 13.2. The summed E-state index contributed by atoms with van der Waals surface area (Å²) >= 11 is 0. The molecule has 1 aliphatic heterocycles. The molecule has 0 aromatic heterocycles. The molecule has 3 nitrogen and oxygen atoms in total. The standard InChI is InChI=1S/C16H31N3/c1-5-7-9-11-18-13-14-19(12-10-8-6-2)16(18)17-15(3)4/h7,9,15H,5-6,8,10-14H2,1-4H3/b9-7+,17-16?. The topological polar surface area (TPSA) is 18.8 Å². The molecule has 0 unspecified atom stereocenters. The van der Waals surface area contributed by atoms with Crippen LogP contribution in [0.4, 0.5) is 0 Å². The smallest absolute Gasteiger partial charge is 0.197 e. The predicted molar refractivity (Wildman–Crippen MR) is 84.7 cm³/mol. The fraction of sp³-hybridized carbons (Fsp3) is 0.812. The number of hydrogen-bond acceptors (Lipinski definition) is 1. The first-order chi connectivity index (χ1) is 9.19. The second kappa shape index (κ2) is 9.00. The summed E-state index contributed by atoms with van der Waals surface area (Å²) in [6, 6.07) is 0.374. The summed E-state index contributed by atoms with van der Waals surface area (Å²) in [6.07, 6.45) is 9.52. The summed E-state index contributed by atoms with van der Waals surface area (Å²) in [5, 5.41) is 0. The van der Waals surface area contributed by atoms with Crippen molar-refractivity contribution in [1.29, 1.82) is 0 Å². The van der Waals surface area contributed by atoms with E-state index in [0.717, 1.165) is 32.6 Å². The second-order valence-electron chi connectivity index (χ2n) is 5.54. The third-order valence-corrected chi connectivity index (χ3v) is 3.34. The van der Waals surface area contributed by atoms with Crippen LogP contribution in [0.25, 0.3) is 0 Å². The Morgan fingerprint density at radius 2 is 1.84 bits per heavy atom. The Morgan fingerprint density at radius 1 is 1.11 bits per heavy atom. The van der Waals surface area contributed by atoms with Gasteiger partial charge >= 0.3 is 0 Å². The highest BCUT2D eigenvalue weighted by Gasteiger charge is 2.25. The minimum Gasteiger partial charge on any atom is -0.341 e. The highest BCUT2D eigenvalue weighted by Crippen LogP contribution is 2.12. The number of aliphatic imine (C=N–C) groups is 1. The van der Waals surface area contributed by atoms with E-state index in [1.807, 2.05) is 0 Å². The van der Waals surface area contributed by atoms with Gasteiger partial charge in [-0.25, -0.2) is 0 Å². The lowest BCUT2D eigenvalue weighted by Gasteiger charge is -2.23. The van der Waals surface area contributed by atoms with Crippen molar-refractivity contribution in [2.75, 3.05) is 26.2 Å². The quantitative estimate of drug-likeness (QED) is 0.494. The van der Waals surface area contributed by atoms with E-state index >= 15 is 0 Å². The Morgan fingerprint density at radius 3 is 2.47 bits per heavy atom. The van der Waals surface area contributed by atoms with Crippen LogP contribution in [0, 0.1) is 0 Å². The molecule has 0 N–H and O–H groups in total. The Bertz CT molecular complexity index is 294. The van der Waals surface area contributed by atoms with E-state index in [0.29, 0.717) is 6.04 Å². The van der Waals surface area contributed by atoms with Gasteiger partial charge in [-0.1, -0.05) is 38.8 Å². The average Bonchev–Trinajstić information content (AvgIpc) is 2.73. The van der Waals surface area contributed by atoms with Crippen molar-refractivity contribution in [3.63, 3.8) is 0 Å². The number of nitrogens with zero attached hydrogens (tertiary/aromatic N) is 3. The van der Waals surface area contributed by atoms with Gasteiger partial charge < -0.3 is 9.80 Å². The minimum atomic E-state index is 0.374. The van der Waals surface area contributed by atoms with Crippen LogP contribution in [0.2, 0.25) is 0 Å². The maximum Gasteiger partial charge on any atom is 0.197 e. The Hall–Kier alpha value is -0.990. The summed E-state index contributed by atoms with van der Waals surface area (Å²) in [7, 11) is 0. The van der Waals surface area contributed by atoms with Crippen molar-refractivity contribution in [2.45, 2.75) is 59.4 Å². The van der Waals surface area contributed by atoms with E-state index in [9.17, 15) is 0 Å². The van der Waals surface area contributed by atoms with Crippen LogP contribution in [0.1, 0.15) is 53.4 Å². The maximum absolute atomic E-state index is 4.83. The number of rotatable bonds is 8. The minimum absolute atomic E-state index is 0.374. The van der Waals surface area contributed by atoms with Gasteiger partial charge in [0.25, 0.3) is 0 Å². The number of unbranched alkanes of at least 4 members (excludes halogenated alkanes) is 2. The normalized spacial score (nSPS) is 18.5. The maximum atomic E-state index is 4.83. The molecule has 0 spiro atoms. The predicted octanol–water partition coefficient (Wildman–Crippen LogP) is 3.52. The van der Waals surface area contributed by atoms with Crippen LogP contribution in [0.5, 0.6) is 0 Å². The first-order valence-electron chi connectivity index (χ1n) is 7.91. The molecule has 0 amide bonds. The fourth-order valence-corrected chi connectivity index (χ4v) is 2.34. The van der Waals surface area contributed by atoms with Gasteiger partial charge in [0.1, 0.15) is 0 Å². The largest absolute Gasteiger partial charge is 0.341 e. The van der Waals surface area contributed by atoms with Crippen molar-refractivity contribution in [2.24, 2.45) is 4.99 Å². The molecule has 19 heavy (non-hydrogen) atoms. The molecule has 1 saturated heterocycles. The van der Waals surface area contributed by atoms with Gasteiger partial charge in [-0.2, -0.15) is 0 Å². The van der Waals surface area contributed by atoms with E-state index in [-0.39, 0.29) is 0 Å². The summed E-state index contributed by atoms with van der Waals surface area (Å²) in [5.74, 6) is 1.21. The molecule has 3 heteroatoms. The van der Waals surface area contributed by atoms with E-state index in [4.69, 9.17) is 4.99 Å². The molecule has 0 bridgehead atoms. The van der Waals surface area contributed by atoms with Gasteiger partial charge in [0, 0.05) is 32.2 Å². The monoisotopic (exact) mass is 265 g/mol. The highest BCUT2D eigenvalue weighted by atomic mass is 15.4. The van der Waals surface area contributed by atoms with Crippen LogP contribution in [-0.4, -0.2) is 48.0 Å². The zero-order valence-electron chi connectivity index (χ0n) is 13.2. The fourth-order valence-electron chi connectivity index (χ4n) is 2.34. The molecule has 0 radical (unpaired) electrons. The number of allylic oxidation sites excluding steroid dienone is 1. The van der Waals surface area contributed by atoms with Gasteiger partial charge in [-0.3, -0.25) is 4.99 Å². The van der Waals surface area contributed by atoms with E-state index in [1.165, 1.54) is 25.2 Å². The Balaban J connectivity index is 2.60. The van der Waals surface area contributed by atoms with Gasteiger partial charge in [-0.15, -0.1) is 0 Å². The molecule has 1 fully saturated rings.